The van der Waals surface area contributed by atoms with Crippen LogP contribution in [-0.4, -0.2) is 26.8 Å². The molecule has 0 N–H and O–H groups in total. The van der Waals surface area contributed by atoms with Crippen LogP contribution < -0.4 is 0 Å². The quantitative estimate of drug-likeness (QED) is 0.817. The average molecular weight is 320 g/mol. The van der Waals surface area contributed by atoms with Crippen LogP contribution in [0.4, 0.5) is 0 Å². The van der Waals surface area contributed by atoms with Gasteiger partial charge in [-0.05, 0) is 36.4 Å². The Bertz CT molecular complexity index is 723. The molecular weight excluding hydrogens is 310 g/mol. The molecule has 1 heterocycles. The van der Waals surface area contributed by atoms with E-state index in [1.54, 1.807) is 48.5 Å². The maximum absolute atomic E-state index is 12.3. The first-order chi connectivity index (χ1) is 10.1. The predicted molar refractivity (Wildman–Crippen MR) is 79.7 cm³/mol. The third-order valence-electron chi connectivity index (χ3n) is 3.20. The van der Waals surface area contributed by atoms with Gasteiger partial charge in [-0.15, -0.1) is 0 Å². The van der Waals surface area contributed by atoms with Gasteiger partial charge in [-0.25, -0.2) is 0 Å². The monoisotopic (exact) mass is 319 g/mol. The van der Waals surface area contributed by atoms with Crippen LogP contribution in [0.2, 0.25) is 5.02 Å². The number of halogens is 1. The first-order valence-electron chi connectivity index (χ1n) is 6.17. The van der Waals surface area contributed by atoms with E-state index >= 15 is 0 Å². The minimum Gasteiger partial charge on any atom is -0.269 e. The lowest BCUT2D eigenvalue weighted by molar-refractivity contribution is 0.0682. The summed E-state index contributed by atoms with van der Waals surface area (Å²) in [5.41, 5.74) is 0.714. The summed E-state index contributed by atoms with van der Waals surface area (Å²) in [5.74, 6) is -0.968. The highest BCUT2D eigenvalue weighted by Gasteiger charge is 2.36. The van der Waals surface area contributed by atoms with Crippen molar-refractivity contribution in [2.75, 3.05) is 5.88 Å². The first kappa shape index (κ1) is 14.0. The van der Waals surface area contributed by atoms with E-state index in [4.69, 9.17) is 11.6 Å². The highest BCUT2D eigenvalue weighted by atomic mass is 35.5. The molecule has 1 unspecified atom stereocenters. The van der Waals surface area contributed by atoms with E-state index in [0.29, 0.717) is 21.0 Å². The van der Waals surface area contributed by atoms with Gasteiger partial charge in [0, 0.05) is 9.92 Å². The Morgan fingerprint density at radius 2 is 1.43 bits per heavy atom. The van der Waals surface area contributed by atoms with Gasteiger partial charge in [0.05, 0.1) is 21.9 Å². The molecule has 0 saturated heterocycles. The molecule has 0 fully saturated rings. The number of rotatable bonds is 3. The van der Waals surface area contributed by atoms with E-state index in [-0.39, 0.29) is 5.88 Å². The molecule has 2 amide bonds. The SMILES string of the molecule is O=C1c2ccccc2C(=O)N1CS(=O)c1ccc(Cl)cc1. The maximum Gasteiger partial charge on any atom is 0.262 e. The predicted octanol–water partition coefficient (Wildman–Crippen LogP) is 2.70. The summed E-state index contributed by atoms with van der Waals surface area (Å²) in [5, 5.41) is 0.538. The van der Waals surface area contributed by atoms with E-state index in [0.717, 1.165) is 4.90 Å². The van der Waals surface area contributed by atoms with E-state index in [9.17, 15) is 13.8 Å². The second-order valence-corrected chi connectivity index (χ2v) is 6.37. The number of fused-ring (bicyclic) bond motifs is 1. The van der Waals surface area contributed by atoms with Crippen molar-refractivity contribution in [3.63, 3.8) is 0 Å². The molecule has 3 rings (SSSR count). The van der Waals surface area contributed by atoms with Crippen molar-refractivity contribution < 1.29 is 13.8 Å². The van der Waals surface area contributed by atoms with Crippen LogP contribution >= 0.6 is 11.6 Å². The van der Waals surface area contributed by atoms with Crippen molar-refractivity contribution in [2.45, 2.75) is 4.90 Å². The Balaban J connectivity index is 1.84. The lowest BCUT2D eigenvalue weighted by Crippen LogP contribution is -2.32. The van der Waals surface area contributed by atoms with Crippen LogP contribution in [-0.2, 0) is 10.8 Å². The molecule has 106 valence electrons. The highest BCUT2D eigenvalue weighted by Crippen LogP contribution is 2.23. The minimum atomic E-state index is -1.49. The van der Waals surface area contributed by atoms with Gasteiger partial charge in [0.25, 0.3) is 11.8 Å². The zero-order chi connectivity index (χ0) is 15.0. The van der Waals surface area contributed by atoms with Crippen molar-refractivity contribution in [3.8, 4) is 0 Å². The summed E-state index contributed by atoms with van der Waals surface area (Å²) >= 11 is 5.78. The van der Waals surface area contributed by atoms with Gasteiger partial charge in [-0.2, -0.15) is 0 Å². The molecule has 0 radical (unpaired) electrons. The van der Waals surface area contributed by atoms with Crippen molar-refractivity contribution in [1.29, 1.82) is 0 Å². The van der Waals surface area contributed by atoms with Crippen LogP contribution in [0.5, 0.6) is 0 Å². The number of carbonyl (C=O) groups is 2. The average Bonchev–Trinajstić information content (AvgIpc) is 2.73. The summed E-state index contributed by atoms with van der Waals surface area (Å²) < 4.78 is 12.3. The third kappa shape index (κ3) is 2.50. The van der Waals surface area contributed by atoms with Crippen molar-refractivity contribution in [1.82, 2.24) is 4.90 Å². The number of hydrogen-bond donors (Lipinski definition) is 0. The zero-order valence-corrected chi connectivity index (χ0v) is 12.4. The van der Waals surface area contributed by atoms with Crippen molar-refractivity contribution in [3.05, 3.63) is 64.7 Å². The van der Waals surface area contributed by atoms with E-state index < -0.39 is 22.6 Å². The number of hydrogen-bond acceptors (Lipinski definition) is 3. The van der Waals surface area contributed by atoms with Gasteiger partial charge >= 0.3 is 0 Å². The van der Waals surface area contributed by atoms with Crippen LogP contribution in [0.1, 0.15) is 20.7 Å². The summed E-state index contributed by atoms with van der Waals surface area (Å²) in [4.78, 5) is 25.9. The second kappa shape index (κ2) is 5.42. The molecule has 0 aromatic heterocycles. The summed E-state index contributed by atoms with van der Waals surface area (Å²) in [6.07, 6.45) is 0. The van der Waals surface area contributed by atoms with Crippen LogP contribution in [0, 0.1) is 0 Å². The van der Waals surface area contributed by atoms with Crippen LogP contribution in [0.15, 0.2) is 53.4 Å². The number of imide groups is 1. The fraction of sp³-hybridized carbons (Fsp3) is 0.0667. The molecule has 2 aromatic rings. The van der Waals surface area contributed by atoms with Crippen molar-refractivity contribution >= 4 is 34.2 Å². The van der Waals surface area contributed by atoms with Gasteiger partial charge < -0.3 is 0 Å². The molecule has 2 aromatic carbocycles. The van der Waals surface area contributed by atoms with Gasteiger partial charge in [-0.3, -0.25) is 18.7 Å². The zero-order valence-electron chi connectivity index (χ0n) is 10.8. The van der Waals surface area contributed by atoms with E-state index in [1.165, 1.54) is 0 Å². The Labute approximate surface area is 128 Å². The maximum atomic E-state index is 12.3. The number of nitrogens with zero attached hydrogens (tertiary/aromatic N) is 1. The van der Waals surface area contributed by atoms with Crippen molar-refractivity contribution in [2.24, 2.45) is 0 Å². The number of carbonyl (C=O) groups excluding carboxylic acids is 2. The van der Waals surface area contributed by atoms with E-state index in [2.05, 4.69) is 0 Å². The molecule has 4 nitrogen and oxygen atoms in total. The Morgan fingerprint density at radius 1 is 0.905 bits per heavy atom. The van der Waals surface area contributed by atoms with Gasteiger partial charge in [0.15, 0.2) is 0 Å². The van der Waals surface area contributed by atoms with Gasteiger partial charge in [0.2, 0.25) is 0 Å². The number of benzene rings is 2. The lowest BCUT2D eigenvalue weighted by Gasteiger charge is -2.13. The third-order valence-corrected chi connectivity index (χ3v) is 4.74. The topological polar surface area (TPSA) is 54.5 Å². The fourth-order valence-corrected chi connectivity index (χ4v) is 3.32. The van der Waals surface area contributed by atoms with Crippen LogP contribution in [0.3, 0.4) is 0 Å². The van der Waals surface area contributed by atoms with Crippen LogP contribution in [0.25, 0.3) is 0 Å². The normalized spacial score (nSPS) is 15.2. The van der Waals surface area contributed by atoms with Gasteiger partial charge in [-0.1, -0.05) is 23.7 Å². The molecule has 0 spiro atoms. The first-order valence-corrected chi connectivity index (χ1v) is 7.87. The lowest BCUT2D eigenvalue weighted by atomic mass is 10.1. The summed E-state index contributed by atoms with van der Waals surface area (Å²) in [7, 11) is -1.49. The summed E-state index contributed by atoms with van der Waals surface area (Å²) in [6.45, 7) is 0. The molecule has 0 aliphatic carbocycles. The molecule has 6 heteroatoms. The van der Waals surface area contributed by atoms with E-state index in [1.807, 2.05) is 0 Å². The Kier molecular flexibility index (Phi) is 3.61. The standard InChI is InChI=1S/C15H10ClNO3S/c16-10-5-7-11(8-6-10)21(20)9-17-14(18)12-3-1-2-4-13(12)15(17)19/h1-8H,9H2. The Morgan fingerprint density at radius 3 is 1.95 bits per heavy atom. The summed E-state index contributed by atoms with van der Waals surface area (Å²) in [6, 6.07) is 13.1. The molecule has 1 aliphatic rings. The smallest absolute Gasteiger partial charge is 0.262 e. The molecule has 1 aliphatic heterocycles. The molecule has 21 heavy (non-hydrogen) atoms. The minimum absolute atomic E-state index is 0.159. The van der Waals surface area contributed by atoms with Gasteiger partial charge in [0.1, 0.15) is 5.88 Å². The number of amides is 2. The fourth-order valence-electron chi connectivity index (χ4n) is 2.13. The Hall–Kier alpha value is -1.98. The molecular formula is C15H10ClNO3S. The molecule has 1 atom stereocenters. The molecule has 0 saturated carbocycles. The highest BCUT2D eigenvalue weighted by molar-refractivity contribution is 7.85. The largest absolute Gasteiger partial charge is 0.269 e. The second-order valence-electron chi connectivity index (χ2n) is 4.51. The molecule has 0 bridgehead atoms.